The number of nitrogens with zero attached hydrogens (tertiary/aromatic N) is 3. The number of ether oxygens (including phenoxy) is 1. The third kappa shape index (κ3) is 4.76. The molecule has 2 rings (SSSR count). The molecule has 1 aromatic heterocycles. The number of rotatable bonds is 7. The van der Waals surface area contributed by atoms with E-state index in [9.17, 15) is 0 Å². The minimum Gasteiger partial charge on any atom is -0.407 e. The third-order valence-electron chi connectivity index (χ3n) is 3.40. The second kappa shape index (κ2) is 7.59. The van der Waals surface area contributed by atoms with E-state index in [0.717, 1.165) is 32.7 Å². The zero-order valence-corrected chi connectivity index (χ0v) is 12.8. The molecular formula is C14H26N4O2. The quantitative estimate of drug-likeness (QED) is 0.821. The van der Waals surface area contributed by atoms with E-state index in [1.165, 1.54) is 6.42 Å². The molecule has 2 heterocycles. The third-order valence-corrected chi connectivity index (χ3v) is 3.40. The van der Waals surface area contributed by atoms with Crippen molar-refractivity contribution in [2.75, 3.05) is 38.3 Å². The smallest absolute Gasteiger partial charge is 0.317 e. The van der Waals surface area contributed by atoms with Crippen LogP contribution in [0.3, 0.4) is 0 Å². The molecule has 6 heteroatoms. The zero-order valence-electron chi connectivity index (χ0n) is 12.8. The molecule has 0 aliphatic carbocycles. The molecule has 20 heavy (non-hydrogen) atoms. The highest BCUT2D eigenvalue weighted by atomic mass is 16.5. The Kier molecular flexibility index (Phi) is 5.79. The van der Waals surface area contributed by atoms with Crippen LogP contribution in [0.25, 0.3) is 0 Å². The highest BCUT2D eigenvalue weighted by molar-refractivity contribution is 5.22. The summed E-state index contributed by atoms with van der Waals surface area (Å²) in [6, 6.07) is 0.594. The van der Waals surface area contributed by atoms with Crippen molar-refractivity contribution in [2.45, 2.75) is 33.2 Å². The molecule has 1 N–H and O–H groups in total. The van der Waals surface area contributed by atoms with Gasteiger partial charge in [-0.25, -0.2) is 0 Å². The van der Waals surface area contributed by atoms with Gasteiger partial charge in [0.25, 0.3) is 0 Å². The molecule has 0 bridgehead atoms. The van der Waals surface area contributed by atoms with Crippen LogP contribution in [-0.4, -0.2) is 43.5 Å². The molecule has 1 unspecified atom stereocenters. The Labute approximate surface area is 120 Å². The summed E-state index contributed by atoms with van der Waals surface area (Å²) < 4.78 is 11.2. The topological polar surface area (TPSA) is 63.4 Å². The molecule has 1 fully saturated rings. The Morgan fingerprint density at radius 3 is 2.95 bits per heavy atom. The standard InChI is InChI=1S/C14H26N4O2/c1-11(2)7-15-8-13-16-17-14(20-13)18(3)9-12-5-4-6-19-10-12/h11-12,15H,4-10H2,1-3H3. The summed E-state index contributed by atoms with van der Waals surface area (Å²) in [5.74, 6) is 1.82. The molecule has 114 valence electrons. The summed E-state index contributed by atoms with van der Waals surface area (Å²) >= 11 is 0. The Morgan fingerprint density at radius 2 is 2.25 bits per heavy atom. The van der Waals surface area contributed by atoms with E-state index in [4.69, 9.17) is 9.15 Å². The average Bonchev–Trinajstić information content (AvgIpc) is 2.88. The van der Waals surface area contributed by atoms with E-state index in [-0.39, 0.29) is 0 Å². The monoisotopic (exact) mass is 282 g/mol. The summed E-state index contributed by atoms with van der Waals surface area (Å²) in [7, 11) is 1.99. The van der Waals surface area contributed by atoms with Gasteiger partial charge in [0.05, 0.1) is 13.2 Å². The van der Waals surface area contributed by atoms with Crippen LogP contribution in [0, 0.1) is 11.8 Å². The number of hydrogen-bond donors (Lipinski definition) is 1. The van der Waals surface area contributed by atoms with Gasteiger partial charge in [-0.1, -0.05) is 18.9 Å². The van der Waals surface area contributed by atoms with Gasteiger partial charge in [-0.15, -0.1) is 5.10 Å². The Hall–Kier alpha value is -1.14. The van der Waals surface area contributed by atoms with Crippen molar-refractivity contribution < 1.29 is 9.15 Å². The number of aromatic nitrogens is 2. The molecule has 1 aromatic rings. The van der Waals surface area contributed by atoms with Gasteiger partial charge >= 0.3 is 6.01 Å². The van der Waals surface area contributed by atoms with E-state index < -0.39 is 0 Å². The number of nitrogens with one attached hydrogen (secondary N) is 1. The highest BCUT2D eigenvalue weighted by Crippen LogP contribution is 2.18. The van der Waals surface area contributed by atoms with E-state index in [1.807, 2.05) is 11.9 Å². The summed E-state index contributed by atoms with van der Waals surface area (Å²) in [5, 5.41) is 11.5. The van der Waals surface area contributed by atoms with Gasteiger partial charge in [-0.3, -0.25) is 0 Å². The first-order valence-electron chi connectivity index (χ1n) is 7.47. The fourth-order valence-electron chi connectivity index (χ4n) is 2.36. The molecule has 6 nitrogen and oxygen atoms in total. The molecule has 0 aromatic carbocycles. The first-order valence-corrected chi connectivity index (χ1v) is 7.47. The van der Waals surface area contributed by atoms with Crippen LogP contribution >= 0.6 is 0 Å². The Morgan fingerprint density at radius 1 is 1.40 bits per heavy atom. The maximum Gasteiger partial charge on any atom is 0.317 e. The van der Waals surface area contributed by atoms with Gasteiger partial charge in [0.15, 0.2) is 0 Å². The SMILES string of the molecule is CC(C)CNCc1nnc(N(C)CC2CCCOC2)o1. The normalized spacial score (nSPS) is 19.5. The lowest BCUT2D eigenvalue weighted by Crippen LogP contribution is -2.31. The first-order chi connectivity index (χ1) is 9.65. The van der Waals surface area contributed by atoms with Gasteiger partial charge < -0.3 is 19.4 Å². The van der Waals surface area contributed by atoms with Crippen molar-refractivity contribution in [3.05, 3.63) is 5.89 Å². The lowest BCUT2D eigenvalue weighted by molar-refractivity contribution is 0.0573. The lowest BCUT2D eigenvalue weighted by Gasteiger charge is -2.25. The van der Waals surface area contributed by atoms with Gasteiger partial charge in [0.2, 0.25) is 5.89 Å². The van der Waals surface area contributed by atoms with Crippen LogP contribution in [0.4, 0.5) is 6.01 Å². The molecule has 0 saturated carbocycles. The van der Waals surface area contributed by atoms with Crippen molar-refractivity contribution in [3.63, 3.8) is 0 Å². The van der Waals surface area contributed by atoms with Crippen LogP contribution in [0.15, 0.2) is 4.42 Å². The van der Waals surface area contributed by atoms with Crippen LogP contribution in [0.5, 0.6) is 0 Å². The van der Waals surface area contributed by atoms with Crippen molar-refractivity contribution in [1.29, 1.82) is 0 Å². The Bertz CT molecular complexity index is 388. The second-order valence-electron chi connectivity index (χ2n) is 5.97. The highest BCUT2D eigenvalue weighted by Gasteiger charge is 2.19. The minimum atomic E-state index is 0.558. The zero-order chi connectivity index (χ0) is 14.4. The van der Waals surface area contributed by atoms with Gasteiger partial charge in [0.1, 0.15) is 0 Å². The van der Waals surface area contributed by atoms with E-state index in [1.54, 1.807) is 0 Å². The molecule has 0 spiro atoms. The maximum absolute atomic E-state index is 5.67. The molecule has 1 aliphatic heterocycles. The van der Waals surface area contributed by atoms with E-state index in [0.29, 0.717) is 30.3 Å². The molecule has 0 amide bonds. The van der Waals surface area contributed by atoms with Crippen molar-refractivity contribution in [2.24, 2.45) is 11.8 Å². The van der Waals surface area contributed by atoms with Crippen LogP contribution < -0.4 is 10.2 Å². The summed E-state index contributed by atoms with van der Waals surface area (Å²) in [4.78, 5) is 2.03. The molecule has 1 aliphatic rings. The van der Waals surface area contributed by atoms with E-state index >= 15 is 0 Å². The molecule has 0 radical (unpaired) electrons. The Balaban J connectivity index is 1.78. The second-order valence-corrected chi connectivity index (χ2v) is 5.97. The average molecular weight is 282 g/mol. The molecule has 1 saturated heterocycles. The van der Waals surface area contributed by atoms with Crippen molar-refractivity contribution in [3.8, 4) is 0 Å². The maximum atomic E-state index is 5.67. The van der Waals surface area contributed by atoms with Gasteiger partial charge in [-0.2, -0.15) is 0 Å². The van der Waals surface area contributed by atoms with Crippen LogP contribution in [0.1, 0.15) is 32.6 Å². The largest absolute Gasteiger partial charge is 0.407 e. The first kappa shape index (κ1) is 15.3. The van der Waals surface area contributed by atoms with E-state index in [2.05, 4.69) is 29.4 Å². The lowest BCUT2D eigenvalue weighted by atomic mass is 10.0. The summed E-state index contributed by atoms with van der Waals surface area (Å²) in [5.41, 5.74) is 0. The molecule has 1 atom stereocenters. The summed E-state index contributed by atoms with van der Waals surface area (Å²) in [6.45, 7) is 8.56. The van der Waals surface area contributed by atoms with Crippen molar-refractivity contribution >= 4 is 6.01 Å². The fraction of sp³-hybridized carbons (Fsp3) is 0.857. The van der Waals surface area contributed by atoms with Crippen LogP contribution in [0.2, 0.25) is 0 Å². The predicted octanol–water partition coefficient (Wildman–Crippen LogP) is 1.68. The van der Waals surface area contributed by atoms with Gasteiger partial charge in [-0.05, 0) is 25.3 Å². The van der Waals surface area contributed by atoms with Crippen LogP contribution in [-0.2, 0) is 11.3 Å². The minimum absolute atomic E-state index is 0.558. The fourth-order valence-corrected chi connectivity index (χ4v) is 2.36. The van der Waals surface area contributed by atoms with Crippen molar-refractivity contribution in [1.82, 2.24) is 15.5 Å². The molecular weight excluding hydrogens is 256 g/mol. The number of hydrogen-bond acceptors (Lipinski definition) is 6. The predicted molar refractivity (Wildman–Crippen MR) is 77.7 cm³/mol. The summed E-state index contributed by atoms with van der Waals surface area (Å²) in [6.07, 6.45) is 2.36. The number of anilines is 1. The van der Waals surface area contributed by atoms with Gasteiger partial charge in [0, 0.05) is 26.1 Å².